The molecule has 1 aliphatic rings. The van der Waals surface area contributed by atoms with E-state index >= 15 is 0 Å². The topological polar surface area (TPSA) is 41.5 Å². The molecule has 19 heavy (non-hydrogen) atoms. The second kappa shape index (κ2) is 5.53. The Balaban J connectivity index is 1.99. The van der Waals surface area contributed by atoms with Crippen LogP contribution >= 0.6 is 0 Å². The van der Waals surface area contributed by atoms with Crippen molar-refractivity contribution in [1.82, 2.24) is 5.32 Å². The minimum atomic E-state index is -0.926. The number of ether oxygens (including phenoxy) is 1. The van der Waals surface area contributed by atoms with Gasteiger partial charge in [0.15, 0.2) is 0 Å². The molecule has 1 fully saturated rings. The maximum atomic E-state index is 13.6. The molecule has 3 nitrogen and oxygen atoms in total. The summed E-state index contributed by atoms with van der Waals surface area (Å²) < 4.78 is 31.8. The summed E-state index contributed by atoms with van der Waals surface area (Å²) in [6.07, 6.45) is 0.310. The Morgan fingerprint density at radius 1 is 1.53 bits per heavy atom. The van der Waals surface area contributed by atoms with Crippen LogP contribution in [0.5, 0.6) is 0 Å². The number of hydrogen-bond donors (Lipinski definition) is 2. The lowest BCUT2D eigenvalue weighted by Gasteiger charge is -2.28. The van der Waals surface area contributed by atoms with Crippen LogP contribution in [0.4, 0.5) is 8.78 Å². The van der Waals surface area contributed by atoms with Crippen molar-refractivity contribution in [2.75, 3.05) is 13.2 Å². The first-order valence-electron chi connectivity index (χ1n) is 6.45. The molecule has 1 aromatic rings. The summed E-state index contributed by atoms with van der Waals surface area (Å²) in [7, 11) is 0. The van der Waals surface area contributed by atoms with E-state index < -0.39 is 17.2 Å². The zero-order valence-corrected chi connectivity index (χ0v) is 11.1. The van der Waals surface area contributed by atoms with E-state index in [2.05, 4.69) is 5.32 Å². The molecule has 1 aliphatic heterocycles. The molecule has 5 heteroatoms. The van der Waals surface area contributed by atoms with Gasteiger partial charge < -0.3 is 15.2 Å². The molecule has 0 aromatic heterocycles. The maximum absolute atomic E-state index is 13.6. The second-order valence-electron chi connectivity index (χ2n) is 5.14. The number of nitrogens with one attached hydrogen (secondary N) is 1. The van der Waals surface area contributed by atoms with Gasteiger partial charge in [-0.1, -0.05) is 6.07 Å². The summed E-state index contributed by atoms with van der Waals surface area (Å²) in [4.78, 5) is 0. The Hall–Kier alpha value is -1.04. The molecule has 1 saturated heterocycles. The molecular weight excluding hydrogens is 252 g/mol. The number of rotatable bonds is 4. The van der Waals surface area contributed by atoms with Gasteiger partial charge in [-0.25, -0.2) is 8.78 Å². The van der Waals surface area contributed by atoms with Gasteiger partial charge >= 0.3 is 0 Å². The molecule has 0 bridgehead atoms. The van der Waals surface area contributed by atoms with E-state index in [0.717, 1.165) is 6.07 Å². The minimum Gasteiger partial charge on any atom is -0.386 e. The lowest BCUT2D eigenvalue weighted by atomic mass is 9.96. The number of aliphatic hydroxyl groups is 1. The van der Waals surface area contributed by atoms with Gasteiger partial charge in [0.25, 0.3) is 0 Å². The van der Waals surface area contributed by atoms with E-state index in [1.807, 2.05) is 6.92 Å². The van der Waals surface area contributed by atoms with Crippen molar-refractivity contribution in [2.24, 2.45) is 0 Å². The Labute approximate surface area is 111 Å². The molecule has 1 heterocycles. The zero-order valence-electron chi connectivity index (χ0n) is 11.1. The van der Waals surface area contributed by atoms with Gasteiger partial charge in [-0.05, 0) is 19.9 Å². The quantitative estimate of drug-likeness (QED) is 0.881. The third kappa shape index (κ3) is 3.11. The molecule has 2 rings (SSSR count). The van der Waals surface area contributed by atoms with E-state index in [1.165, 1.54) is 12.1 Å². The fraction of sp³-hybridized carbons (Fsp3) is 0.571. The van der Waals surface area contributed by atoms with Crippen LogP contribution in [0, 0.1) is 11.6 Å². The molecule has 0 saturated carbocycles. The van der Waals surface area contributed by atoms with E-state index in [9.17, 15) is 13.9 Å². The predicted molar refractivity (Wildman–Crippen MR) is 67.8 cm³/mol. The molecule has 3 atom stereocenters. The third-order valence-electron chi connectivity index (χ3n) is 3.80. The van der Waals surface area contributed by atoms with Gasteiger partial charge in [0.1, 0.15) is 17.2 Å². The smallest absolute Gasteiger partial charge is 0.130 e. The first kappa shape index (κ1) is 14.4. The van der Waals surface area contributed by atoms with Crippen LogP contribution in [0.1, 0.15) is 31.9 Å². The van der Waals surface area contributed by atoms with Crippen molar-refractivity contribution in [1.29, 1.82) is 0 Å². The van der Waals surface area contributed by atoms with Gasteiger partial charge in [-0.15, -0.1) is 0 Å². The largest absolute Gasteiger partial charge is 0.386 e. The Morgan fingerprint density at radius 3 is 2.84 bits per heavy atom. The third-order valence-corrected chi connectivity index (χ3v) is 3.80. The highest BCUT2D eigenvalue weighted by Gasteiger charge is 2.39. The van der Waals surface area contributed by atoms with Gasteiger partial charge in [-0.2, -0.15) is 0 Å². The summed E-state index contributed by atoms with van der Waals surface area (Å²) in [6.45, 7) is 4.43. The predicted octanol–water partition coefficient (Wildman–Crippen LogP) is 2.16. The number of halogens is 2. The van der Waals surface area contributed by atoms with Crippen LogP contribution < -0.4 is 5.32 Å². The van der Waals surface area contributed by atoms with Crippen LogP contribution in [-0.4, -0.2) is 30.0 Å². The van der Waals surface area contributed by atoms with Gasteiger partial charge in [0.2, 0.25) is 0 Å². The average Bonchev–Trinajstić information content (AvgIpc) is 2.67. The van der Waals surface area contributed by atoms with Gasteiger partial charge in [0, 0.05) is 37.2 Å². The molecule has 0 amide bonds. The van der Waals surface area contributed by atoms with E-state index in [-0.39, 0.29) is 12.1 Å². The lowest BCUT2D eigenvalue weighted by molar-refractivity contribution is -0.0274. The summed E-state index contributed by atoms with van der Waals surface area (Å²) in [5.41, 5.74) is -0.540. The molecule has 3 unspecified atom stereocenters. The number of benzene rings is 1. The van der Waals surface area contributed by atoms with Crippen LogP contribution in [-0.2, 0) is 4.74 Å². The zero-order chi connectivity index (χ0) is 14.0. The Bertz CT molecular complexity index is 455. The van der Waals surface area contributed by atoms with Gasteiger partial charge in [0.05, 0.1) is 6.10 Å². The lowest BCUT2D eigenvalue weighted by Crippen LogP contribution is -2.46. The van der Waals surface area contributed by atoms with E-state index in [4.69, 9.17) is 4.74 Å². The van der Waals surface area contributed by atoms with Crippen molar-refractivity contribution < 1.29 is 18.6 Å². The van der Waals surface area contributed by atoms with Crippen molar-refractivity contribution in [3.05, 3.63) is 35.4 Å². The first-order chi connectivity index (χ1) is 8.92. The van der Waals surface area contributed by atoms with Crippen LogP contribution in [0.15, 0.2) is 18.2 Å². The van der Waals surface area contributed by atoms with Crippen molar-refractivity contribution in [3.63, 3.8) is 0 Å². The second-order valence-corrected chi connectivity index (χ2v) is 5.14. The molecule has 0 spiro atoms. The van der Waals surface area contributed by atoms with Gasteiger partial charge in [-0.3, -0.25) is 0 Å². The maximum Gasteiger partial charge on any atom is 0.130 e. The van der Waals surface area contributed by atoms with Crippen molar-refractivity contribution in [3.8, 4) is 0 Å². The highest BCUT2D eigenvalue weighted by atomic mass is 19.1. The summed E-state index contributed by atoms with van der Waals surface area (Å²) in [5.74, 6) is -1.17. The average molecular weight is 271 g/mol. The van der Waals surface area contributed by atoms with E-state index in [0.29, 0.717) is 25.1 Å². The standard InChI is InChI=1S/C14H19F2NO2/c1-9(12-4-3-11(15)7-13(12)16)17-8-14(18)5-6-19-10(14)2/h3-4,7,9-10,17-18H,5-6,8H2,1-2H3. The van der Waals surface area contributed by atoms with Crippen molar-refractivity contribution >= 4 is 0 Å². The fourth-order valence-electron chi connectivity index (χ4n) is 2.30. The summed E-state index contributed by atoms with van der Waals surface area (Å²) >= 11 is 0. The van der Waals surface area contributed by atoms with E-state index in [1.54, 1.807) is 6.92 Å². The summed E-state index contributed by atoms with van der Waals surface area (Å²) in [6, 6.07) is 3.20. The highest BCUT2D eigenvalue weighted by molar-refractivity contribution is 5.21. The SMILES string of the molecule is CC(NCC1(O)CCOC1C)c1ccc(F)cc1F. The Kier molecular flexibility index (Phi) is 4.18. The Morgan fingerprint density at radius 2 is 2.26 bits per heavy atom. The number of hydrogen-bond acceptors (Lipinski definition) is 3. The van der Waals surface area contributed by atoms with Crippen LogP contribution in [0.2, 0.25) is 0 Å². The highest BCUT2D eigenvalue weighted by Crippen LogP contribution is 2.26. The van der Waals surface area contributed by atoms with Crippen LogP contribution in [0.25, 0.3) is 0 Å². The summed E-state index contributed by atoms with van der Waals surface area (Å²) in [5, 5.41) is 13.4. The molecule has 106 valence electrons. The first-order valence-corrected chi connectivity index (χ1v) is 6.45. The minimum absolute atomic E-state index is 0.245. The normalized spacial score (nSPS) is 28.6. The van der Waals surface area contributed by atoms with Crippen LogP contribution in [0.3, 0.4) is 0 Å². The molecular formula is C14H19F2NO2. The molecule has 1 aromatic carbocycles. The molecule has 0 radical (unpaired) electrons. The monoisotopic (exact) mass is 271 g/mol. The van der Waals surface area contributed by atoms with Crippen molar-refractivity contribution in [2.45, 2.75) is 38.0 Å². The molecule has 0 aliphatic carbocycles. The fourth-order valence-corrected chi connectivity index (χ4v) is 2.30. The molecule has 2 N–H and O–H groups in total.